The molecule has 0 aliphatic heterocycles. The number of benzene rings is 3. The van der Waals surface area contributed by atoms with Crippen molar-refractivity contribution in [2.24, 2.45) is 5.16 Å². The second-order valence-corrected chi connectivity index (χ2v) is 8.08. The lowest BCUT2D eigenvalue weighted by Gasteiger charge is -2.10. The van der Waals surface area contributed by atoms with Gasteiger partial charge in [0.15, 0.2) is 5.82 Å². The standard InChI is InChI=1S/C26H22F3N5O3/c1-16-5-4-6-17(2)23(16)31-25(35)37-33-18(3)19-7-9-20(10-8-19)24-30-15-34(32-24)21-11-13-22(14-12-21)36-26(27,28)29/h4-15H,1-3H3,(H,31,35)/b33-18+. The van der Waals surface area contributed by atoms with E-state index >= 15 is 0 Å². The van der Waals surface area contributed by atoms with Gasteiger partial charge in [-0.3, -0.25) is 10.2 Å². The first-order chi connectivity index (χ1) is 17.6. The third kappa shape index (κ3) is 6.51. The minimum Gasteiger partial charge on any atom is -0.406 e. The summed E-state index contributed by atoms with van der Waals surface area (Å²) in [4.78, 5) is 21.5. The number of rotatable bonds is 6. The van der Waals surface area contributed by atoms with Gasteiger partial charge >= 0.3 is 12.5 Å². The Labute approximate surface area is 210 Å². The van der Waals surface area contributed by atoms with Crippen LogP contribution in [0.5, 0.6) is 5.75 Å². The molecule has 0 saturated heterocycles. The van der Waals surface area contributed by atoms with Crippen LogP contribution in [0.2, 0.25) is 0 Å². The number of amides is 1. The molecule has 0 atom stereocenters. The van der Waals surface area contributed by atoms with E-state index in [1.165, 1.54) is 35.3 Å². The average molecular weight is 509 g/mol. The summed E-state index contributed by atoms with van der Waals surface area (Å²) >= 11 is 0. The number of oxime groups is 1. The Morgan fingerprint density at radius 3 is 2.24 bits per heavy atom. The predicted octanol–water partition coefficient (Wildman–Crippen LogP) is 6.42. The van der Waals surface area contributed by atoms with Crippen molar-refractivity contribution < 1.29 is 27.5 Å². The van der Waals surface area contributed by atoms with Crippen molar-refractivity contribution in [3.63, 3.8) is 0 Å². The summed E-state index contributed by atoms with van der Waals surface area (Å²) in [5.41, 5.74) is 4.95. The molecule has 4 rings (SSSR count). The molecule has 190 valence electrons. The Hall–Kier alpha value is -4.67. The summed E-state index contributed by atoms with van der Waals surface area (Å²) in [6.45, 7) is 5.49. The molecule has 1 amide bonds. The number of para-hydroxylation sites is 1. The zero-order valence-electron chi connectivity index (χ0n) is 20.1. The largest absolute Gasteiger partial charge is 0.573 e. The van der Waals surface area contributed by atoms with Crippen molar-refractivity contribution in [2.45, 2.75) is 27.1 Å². The van der Waals surface area contributed by atoms with Gasteiger partial charge in [-0.2, -0.15) is 0 Å². The first kappa shape index (κ1) is 25.4. The van der Waals surface area contributed by atoms with Crippen LogP contribution < -0.4 is 10.1 Å². The molecule has 8 nitrogen and oxygen atoms in total. The van der Waals surface area contributed by atoms with Crippen LogP contribution in [0.4, 0.5) is 23.7 Å². The number of nitrogens with one attached hydrogen (secondary N) is 1. The average Bonchev–Trinajstić information content (AvgIpc) is 3.35. The van der Waals surface area contributed by atoms with E-state index in [9.17, 15) is 18.0 Å². The molecule has 0 bridgehead atoms. The zero-order chi connectivity index (χ0) is 26.6. The first-order valence-electron chi connectivity index (χ1n) is 11.1. The molecule has 0 aliphatic carbocycles. The van der Waals surface area contributed by atoms with Crippen LogP contribution in [-0.2, 0) is 4.84 Å². The lowest BCUT2D eigenvalue weighted by molar-refractivity contribution is -0.274. The number of aromatic nitrogens is 3. The van der Waals surface area contributed by atoms with E-state index < -0.39 is 12.5 Å². The highest BCUT2D eigenvalue weighted by Crippen LogP contribution is 2.24. The number of aryl methyl sites for hydroxylation is 2. The Bertz CT molecular complexity index is 1410. The minimum absolute atomic E-state index is 0.323. The summed E-state index contributed by atoms with van der Waals surface area (Å²) < 4.78 is 42.3. The number of alkyl halides is 3. The summed E-state index contributed by atoms with van der Waals surface area (Å²) in [7, 11) is 0. The number of hydrogen-bond acceptors (Lipinski definition) is 6. The highest BCUT2D eigenvalue weighted by Gasteiger charge is 2.31. The monoisotopic (exact) mass is 509 g/mol. The van der Waals surface area contributed by atoms with Crippen molar-refractivity contribution in [1.29, 1.82) is 0 Å². The fourth-order valence-corrected chi connectivity index (χ4v) is 3.48. The van der Waals surface area contributed by atoms with E-state index in [1.54, 1.807) is 31.2 Å². The molecule has 3 aromatic carbocycles. The smallest absolute Gasteiger partial charge is 0.406 e. The van der Waals surface area contributed by atoms with E-state index in [-0.39, 0.29) is 5.75 Å². The third-order valence-electron chi connectivity index (χ3n) is 5.36. The number of hydrogen-bond donors (Lipinski definition) is 1. The molecule has 0 saturated carbocycles. The molecule has 37 heavy (non-hydrogen) atoms. The second kappa shape index (κ2) is 10.5. The van der Waals surface area contributed by atoms with Crippen LogP contribution in [0.1, 0.15) is 23.6 Å². The lowest BCUT2D eigenvalue weighted by Crippen LogP contribution is -2.17. The SMILES string of the molecule is C/C(=N\OC(=O)Nc1c(C)cccc1C)c1ccc(-c2ncn(-c3ccc(OC(F)(F)F)cc3)n2)cc1. The van der Waals surface area contributed by atoms with Crippen LogP contribution >= 0.6 is 0 Å². The summed E-state index contributed by atoms with van der Waals surface area (Å²) in [5.74, 6) is 0.0944. The molecule has 1 heterocycles. The maximum atomic E-state index is 12.3. The van der Waals surface area contributed by atoms with Crippen molar-refractivity contribution in [3.05, 3.63) is 89.7 Å². The number of ether oxygens (including phenoxy) is 1. The fraction of sp³-hybridized carbons (Fsp3) is 0.154. The molecule has 0 radical (unpaired) electrons. The number of anilines is 1. The molecular formula is C26H22F3N5O3. The fourth-order valence-electron chi connectivity index (χ4n) is 3.48. The molecule has 4 aromatic rings. The van der Waals surface area contributed by atoms with Gasteiger partial charge in [0.1, 0.15) is 12.1 Å². The number of carbonyl (C=O) groups excluding carboxylic acids is 1. The molecule has 0 aliphatic rings. The minimum atomic E-state index is -4.75. The van der Waals surface area contributed by atoms with Gasteiger partial charge in [-0.15, -0.1) is 18.3 Å². The van der Waals surface area contributed by atoms with E-state index in [4.69, 9.17) is 4.84 Å². The van der Waals surface area contributed by atoms with E-state index in [0.29, 0.717) is 28.5 Å². The van der Waals surface area contributed by atoms with Gasteiger partial charge in [0.05, 0.1) is 11.4 Å². The van der Waals surface area contributed by atoms with Gasteiger partial charge < -0.3 is 4.74 Å². The van der Waals surface area contributed by atoms with Crippen LogP contribution in [0, 0.1) is 13.8 Å². The van der Waals surface area contributed by atoms with Crippen molar-refractivity contribution in [3.8, 4) is 22.8 Å². The Morgan fingerprint density at radius 2 is 1.62 bits per heavy atom. The Morgan fingerprint density at radius 1 is 0.973 bits per heavy atom. The second-order valence-electron chi connectivity index (χ2n) is 8.08. The normalized spacial score (nSPS) is 11.8. The van der Waals surface area contributed by atoms with Crippen LogP contribution in [0.15, 0.2) is 78.2 Å². The first-order valence-corrected chi connectivity index (χ1v) is 11.1. The topological polar surface area (TPSA) is 90.6 Å². The van der Waals surface area contributed by atoms with Crippen LogP contribution in [0.25, 0.3) is 17.1 Å². The molecule has 0 unspecified atom stereocenters. The predicted molar refractivity (Wildman–Crippen MR) is 132 cm³/mol. The highest BCUT2D eigenvalue weighted by molar-refractivity contribution is 5.99. The van der Waals surface area contributed by atoms with Crippen LogP contribution in [-0.4, -0.2) is 32.9 Å². The summed E-state index contributed by atoms with van der Waals surface area (Å²) in [6, 6.07) is 18.1. The summed E-state index contributed by atoms with van der Waals surface area (Å²) in [5, 5.41) is 11.0. The molecule has 11 heteroatoms. The number of carbonyl (C=O) groups is 1. The van der Waals surface area contributed by atoms with Gasteiger partial charge in [0, 0.05) is 11.3 Å². The quantitative estimate of drug-likeness (QED) is 0.184. The maximum Gasteiger partial charge on any atom is 0.573 e. The summed E-state index contributed by atoms with van der Waals surface area (Å²) in [6.07, 6.45) is -3.99. The Kier molecular flexibility index (Phi) is 7.23. The van der Waals surface area contributed by atoms with E-state index in [2.05, 4.69) is 25.3 Å². The van der Waals surface area contributed by atoms with Crippen molar-refractivity contribution in [2.75, 3.05) is 5.32 Å². The zero-order valence-corrected chi connectivity index (χ0v) is 20.1. The van der Waals surface area contributed by atoms with Gasteiger partial charge in [0.25, 0.3) is 0 Å². The number of halogens is 3. The molecule has 1 N–H and O–H groups in total. The lowest BCUT2D eigenvalue weighted by atomic mass is 10.1. The van der Waals surface area contributed by atoms with Gasteiger partial charge in [-0.05, 0) is 61.7 Å². The van der Waals surface area contributed by atoms with Gasteiger partial charge in [-0.1, -0.05) is 47.6 Å². The Balaban J connectivity index is 1.39. The molecule has 0 spiro atoms. The molecule has 1 aromatic heterocycles. The van der Waals surface area contributed by atoms with Crippen molar-refractivity contribution >= 4 is 17.5 Å². The van der Waals surface area contributed by atoms with Crippen LogP contribution in [0.3, 0.4) is 0 Å². The maximum absolute atomic E-state index is 12.3. The van der Waals surface area contributed by atoms with Gasteiger partial charge in [-0.25, -0.2) is 14.5 Å². The number of nitrogens with zero attached hydrogens (tertiary/aromatic N) is 4. The highest BCUT2D eigenvalue weighted by atomic mass is 19.4. The van der Waals surface area contributed by atoms with E-state index in [0.717, 1.165) is 16.7 Å². The van der Waals surface area contributed by atoms with Crippen molar-refractivity contribution in [1.82, 2.24) is 14.8 Å². The third-order valence-corrected chi connectivity index (χ3v) is 5.36. The molecule has 0 fully saturated rings. The van der Waals surface area contributed by atoms with Gasteiger partial charge in [0.2, 0.25) is 0 Å². The molecular weight excluding hydrogens is 487 g/mol. The van der Waals surface area contributed by atoms with E-state index in [1.807, 2.05) is 32.0 Å².